The Hall–Kier alpha value is -1.08. The molecule has 1 aromatic carbocycles. The molecule has 1 aromatic heterocycles. The summed E-state index contributed by atoms with van der Waals surface area (Å²) < 4.78 is 62.3. The van der Waals surface area contributed by atoms with E-state index in [1.165, 1.54) is 11.3 Å². The molecular weight excluding hydrogens is 291 g/mol. The standard InChI is InChI=1S/C11H9F5S2/c12-18(13,14,15,16)11-5-3-9(4-6-11)8-10-2-1-7-17-10/h1-7H,8H2. The number of thiophene rings is 1. The molecule has 100 valence electrons. The van der Waals surface area contributed by atoms with E-state index in [4.69, 9.17) is 0 Å². The second-order valence-electron chi connectivity index (χ2n) is 3.87. The summed E-state index contributed by atoms with van der Waals surface area (Å²) in [5, 5.41) is 1.85. The summed E-state index contributed by atoms with van der Waals surface area (Å²) in [4.78, 5) is -0.875. The molecule has 2 aromatic rings. The van der Waals surface area contributed by atoms with Gasteiger partial charge in [-0.15, -0.1) is 11.3 Å². The first-order valence-electron chi connectivity index (χ1n) is 4.90. The molecule has 0 radical (unpaired) electrons. The normalized spacial score (nSPS) is 16.1. The first kappa shape index (κ1) is 13.4. The zero-order valence-electron chi connectivity index (χ0n) is 8.95. The highest BCUT2D eigenvalue weighted by Crippen LogP contribution is 3.02. The molecule has 0 spiro atoms. The Kier molecular flexibility index (Phi) is 2.58. The summed E-state index contributed by atoms with van der Waals surface area (Å²) in [5.41, 5.74) is 0.572. The number of hydrogen-bond donors (Lipinski definition) is 0. The summed E-state index contributed by atoms with van der Waals surface area (Å²) in [7, 11) is -9.53. The van der Waals surface area contributed by atoms with Crippen LogP contribution in [-0.4, -0.2) is 0 Å². The zero-order valence-corrected chi connectivity index (χ0v) is 10.6. The average molecular weight is 300 g/mol. The van der Waals surface area contributed by atoms with Gasteiger partial charge in [-0.2, -0.15) is 0 Å². The molecule has 0 atom stereocenters. The first-order valence-corrected chi connectivity index (χ1v) is 7.73. The van der Waals surface area contributed by atoms with Gasteiger partial charge in [0, 0.05) is 11.3 Å². The maximum absolute atomic E-state index is 12.5. The minimum Gasteiger partial charge on any atom is -0.149 e. The van der Waals surface area contributed by atoms with Gasteiger partial charge in [0.05, 0.1) is 0 Å². The molecule has 0 bridgehead atoms. The van der Waals surface area contributed by atoms with Gasteiger partial charge in [-0.05, 0) is 29.1 Å². The van der Waals surface area contributed by atoms with Gasteiger partial charge in [0.15, 0.2) is 0 Å². The molecular formula is C11H9F5S2. The lowest BCUT2D eigenvalue weighted by atomic mass is 10.1. The quantitative estimate of drug-likeness (QED) is 0.610. The van der Waals surface area contributed by atoms with Crippen molar-refractivity contribution in [3.63, 3.8) is 0 Å². The minimum atomic E-state index is -9.53. The summed E-state index contributed by atoms with van der Waals surface area (Å²) in [6, 6.07) is 6.74. The Labute approximate surface area is 105 Å². The van der Waals surface area contributed by atoms with Crippen molar-refractivity contribution in [3.05, 3.63) is 52.2 Å². The van der Waals surface area contributed by atoms with E-state index in [0.717, 1.165) is 17.0 Å². The molecule has 2 rings (SSSR count). The van der Waals surface area contributed by atoms with Crippen LogP contribution in [0.1, 0.15) is 10.4 Å². The fourth-order valence-electron chi connectivity index (χ4n) is 1.48. The molecule has 0 saturated carbocycles. The van der Waals surface area contributed by atoms with E-state index >= 15 is 0 Å². The van der Waals surface area contributed by atoms with Crippen molar-refractivity contribution >= 4 is 21.6 Å². The minimum absolute atomic E-state index is 0.443. The van der Waals surface area contributed by atoms with Crippen molar-refractivity contribution in [3.8, 4) is 0 Å². The molecule has 7 heteroatoms. The number of hydrogen-bond acceptors (Lipinski definition) is 1. The Bertz CT molecular complexity index is 539. The molecule has 1 heterocycles. The predicted octanol–water partition coefficient (Wildman–Crippen LogP) is 6.00. The molecule has 0 aliphatic rings. The second-order valence-corrected chi connectivity index (χ2v) is 7.31. The molecule has 0 fully saturated rings. The largest absolute Gasteiger partial charge is 0.310 e. The second kappa shape index (κ2) is 3.48. The third kappa shape index (κ3) is 3.23. The van der Waals surface area contributed by atoms with Crippen LogP contribution < -0.4 is 0 Å². The number of rotatable bonds is 3. The highest BCUT2D eigenvalue weighted by atomic mass is 32.5. The van der Waals surface area contributed by atoms with E-state index < -0.39 is 15.1 Å². The van der Waals surface area contributed by atoms with Crippen LogP contribution in [0.3, 0.4) is 0 Å². The molecule has 0 saturated heterocycles. The molecule has 0 amide bonds. The van der Waals surface area contributed by atoms with Crippen molar-refractivity contribution in [2.45, 2.75) is 11.3 Å². The molecule has 0 unspecified atom stereocenters. The fraction of sp³-hybridized carbons (Fsp3) is 0.0909. The number of halogens is 5. The van der Waals surface area contributed by atoms with Crippen molar-refractivity contribution < 1.29 is 19.4 Å². The fourth-order valence-corrected chi connectivity index (χ4v) is 2.87. The lowest BCUT2D eigenvalue weighted by molar-refractivity contribution is 0.364. The van der Waals surface area contributed by atoms with Gasteiger partial charge in [0.2, 0.25) is 0 Å². The van der Waals surface area contributed by atoms with Crippen LogP contribution in [0.2, 0.25) is 0 Å². The van der Waals surface area contributed by atoms with Gasteiger partial charge in [-0.3, -0.25) is 0 Å². The summed E-state index contributed by atoms with van der Waals surface area (Å²) >= 11 is 1.46. The number of benzene rings is 1. The van der Waals surface area contributed by atoms with Crippen LogP contribution in [0.15, 0.2) is 46.7 Å². The van der Waals surface area contributed by atoms with Crippen molar-refractivity contribution in [1.29, 1.82) is 0 Å². The molecule has 0 nitrogen and oxygen atoms in total. The Morgan fingerprint density at radius 1 is 0.889 bits per heavy atom. The maximum Gasteiger partial charge on any atom is 0.310 e. The van der Waals surface area contributed by atoms with Crippen molar-refractivity contribution in [2.75, 3.05) is 0 Å². The lowest BCUT2D eigenvalue weighted by Gasteiger charge is -2.40. The van der Waals surface area contributed by atoms with E-state index in [0.29, 0.717) is 24.1 Å². The van der Waals surface area contributed by atoms with Crippen molar-refractivity contribution in [1.82, 2.24) is 0 Å². The van der Waals surface area contributed by atoms with Gasteiger partial charge < -0.3 is 0 Å². The van der Waals surface area contributed by atoms with Gasteiger partial charge in [0.1, 0.15) is 4.90 Å². The summed E-state index contributed by atoms with van der Waals surface area (Å²) in [5.74, 6) is 0. The van der Waals surface area contributed by atoms with Crippen molar-refractivity contribution in [2.24, 2.45) is 0 Å². The third-order valence-electron chi connectivity index (χ3n) is 2.33. The first-order chi connectivity index (χ1) is 8.04. The molecule has 0 N–H and O–H groups in total. The topological polar surface area (TPSA) is 0 Å². The maximum atomic E-state index is 12.5. The van der Waals surface area contributed by atoms with Crippen LogP contribution in [0.25, 0.3) is 0 Å². The van der Waals surface area contributed by atoms with Gasteiger partial charge in [-0.25, -0.2) is 0 Å². The summed E-state index contributed by atoms with van der Waals surface area (Å²) in [6.07, 6.45) is 0.443. The van der Waals surface area contributed by atoms with E-state index in [9.17, 15) is 19.4 Å². The SMILES string of the molecule is FS(F)(F)(F)(F)c1ccc(Cc2cccs2)cc1. The van der Waals surface area contributed by atoms with Crippen LogP contribution in [0.5, 0.6) is 0 Å². The van der Waals surface area contributed by atoms with Crippen LogP contribution in [-0.2, 0) is 6.42 Å². The van der Waals surface area contributed by atoms with E-state index in [1.54, 1.807) is 0 Å². The van der Waals surface area contributed by atoms with Gasteiger partial charge >= 0.3 is 10.2 Å². The van der Waals surface area contributed by atoms with E-state index in [2.05, 4.69) is 0 Å². The highest BCUT2D eigenvalue weighted by molar-refractivity contribution is 8.45. The average Bonchev–Trinajstić information content (AvgIpc) is 2.67. The zero-order chi connectivity index (χ0) is 13.5. The van der Waals surface area contributed by atoms with Crippen LogP contribution in [0, 0.1) is 0 Å². The van der Waals surface area contributed by atoms with E-state index in [-0.39, 0.29) is 0 Å². The van der Waals surface area contributed by atoms with Gasteiger partial charge in [-0.1, -0.05) is 37.6 Å². The van der Waals surface area contributed by atoms with E-state index in [1.807, 2.05) is 17.5 Å². The third-order valence-corrected chi connectivity index (χ3v) is 4.37. The molecule has 0 aliphatic carbocycles. The highest BCUT2D eigenvalue weighted by Gasteiger charge is 2.65. The summed E-state index contributed by atoms with van der Waals surface area (Å²) in [6.45, 7) is 0. The Morgan fingerprint density at radius 3 is 1.94 bits per heavy atom. The molecule has 0 aliphatic heterocycles. The smallest absolute Gasteiger partial charge is 0.149 e. The van der Waals surface area contributed by atoms with Crippen LogP contribution >= 0.6 is 21.6 Å². The molecule has 18 heavy (non-hydrogen) atoms. The van der Waals surface area contributed by atoms with Gasteiger partial charge in [0.25, 0.3) is 0 Å². The Balaban J connectivity index is 2.27. The van der Waals surface area contributed by atoms with Crippen LogP contribution in [0.4, 0.5) is 19.4 Å². The lowest BCUT2D eigenvalue weighted by Crippen LogP contribution is -2.05. The predicted molar refractivity (Wildman–Crippen MR) is 65.0 cm³/mol. The Morgan fingerprint density at radius 2 is 1.50 bits per heavy atom. The monoisotopic (exact) mass is 300 g/mol.